The van der Waals surface area contributed by atoms with E-state index in [0.29, 0.717) is 21.3 Å². The molecule has 2 aromatic carbocycles. The molecule has 1 aliphatic rings. The Morgan fingerprint density at radius 3 is 2.60 bits per heavy atom. The number of nitrogens with one attached hydrogen (secondary N) is 1. The number of amidine groups is 1. The first-order valence-corrected chi connectivity index (χ1v) is 8.18. The predicted molar refractivity (Wildman–Crippen MR) is 93.0 cm³/mol. The monoisotopic (exact) mass is 375 g/mol. The summed E-state index contributed by atoms with van der Waals surface area (Å²) in [5, 5.41) is 13.6. The molecule has 1 N–H and O–H groups in total. The van der Waals surface area contributed by atoms with Gasteiger partial charge in [0.2, 0.25) is 0 Å². The fraction of sp³-hybridized carbons (Fsp3) is 0. The molecule has 0 aromatic heterocycles. The third-order valence-electron chi connectivity index (χ3n) is 3.23. The molecule has 25 heavy (non-hydrogen) atoms. The number of carboxylic acid groups (broad SMARTS) is 1. The van der Waals surface area contributed by atoms with Gasteiger partial charge in [-0.3, -0.25) is 4.79 Å². The van der Waals surface area contributed by atoms with Gasteiger partial charge in [0.05, 0.1) is 21.6 Å². The highest BCUT2D eigenvalue weighted by molar-refractivity contribution is 8.18. The predicted octanol–water partition coefficient (Wildman–Crippen LogP) is 2.73. The summed E-state index contributed by atoms with van der Waals surface area (Å²) in [6, 6.07) is 9.93. The topological polar surface area (TPSA) is 81.6 Å². The fourth-order valence-electron chi connectivity index (χ4n) is 2.02. The molecule has 1 aliphatic heterocycles. The minimum absolute atomic E-state index is 0.0556. The van der Waals surface area contributed by atoms with Gasteiger partial charge in [-0.1, -0.05) is 35.9 Å². The average Bonchev–Trinajstić information content (AvgIpc) is 2.91. The largest absolute Gasteiger partial charge is 0.545 e. The number of aromatic carboxylic acids is 1. The molecule has 0 bridgehead atoms. The van der Waals surface area contributed by atoms with Gasteiger partial charge in [-0.15, -0.1) is 0 Å². The molecule has 0 spiro atoms. The van der Waals surface area contributed by atoms with Crippen molar-refractivity contribution in [2.24, 2.45) is 4.99 Å². The Hall–Kier alpha value is -2.64. The van der Waals surface area contributed by atoms with E-state index in [-0.39, 0.29) is 16.5 Å². The second kappa shape index (κ2) is 7.08. The van der Waals surface area contributed by atoms with Gasteiger partial charge in [-0.25, -0.2) is 9.38 Å². The number of carboxylic acids is 1. The number of rotatable bonds is 3. The summed E-state index contributed by atoms with van der Waals surface area (Å²) in [6.45, 7) is 0. The normalized spacial score (nSPS) is 17.1. The van der Waals surface area contributed by atoms with E-state index in [0.717, 1.165) is 11.8 Å². The minimum Gasteiger partial charge on any atom is -0.545 e. The van der Waals surface area contributed by atoms with Gasteiger partial charge in [0.1, 0.15) is 5.82 Å². The molecular formula is C17H9ClFN2O3S-. The summed E-state index contributed by atoms with van der Waals surface area (Å²) < 4.78 is 13.2. The Balaban J connectivity index is 1.80. The van der Waals surface area contributed by atoms with Crippen LogP contribution < -0.4 is 10.4 Å². The van der Waals surface area contributed by atoms with Crippen LogP contribution in [0.15, 0.2) is 52.4 Å². The van der Waals surface area contributed by atoms with Crippen molar-refractivity contribution in [2.75, 3.05) is 0 Å². The van der Waals surface area contributed by atoms with Crippen LogP contribution >= 0.6 is 23.4 Å². The first kappa shape index (κ1) is 17.2. The summed E-state index contributed by atoms with van der Waals surface area (Å²) in [5.41, 5.74) is 1.13. The summed E-state index contributed by atoms with van der Waals surface area (Å²) in [5.74, 6) is -2.14. The summed E-state index contributed by atoms with van der Waals surface area (Å²) >= 11 is 6.82. The van der Waals surface area contributed by atoms with Gasteiger partial charge in [0.25, 0.3) is 5.91 Å². The molecule has 5 nitrogen and oxygen atoms in total. The highest BCUT2D eigenvalue weighted by atomic mass is 35.5. The SMILES string of the molecule is O=C1NC(=Nc2ccc(F)c(Cl)c2)S/C1=C\c1ccc(C(=O)[O-])cc1. The van der Waals surface area contributed by atoms with Crippen molar-refractivity contribution in [3.63, 3.8) is 0 Å². The minimum atomic E-state index is -1.26. The molecule has 0 aliphatic carbocycles. The fourth-order valence-corrected chi connectivity index (χ4v) is 3.04. The first-order chi connectivity index (χ1) is 11.9. The zero-order valence-corrected chi connectivity index (χ0v) is 14.0. The number of nitrogens with zero attached hydrogens (tertiary/aromatic N) is 1. The summed E-state index contributed by atoms with van der Waals surface area (Å²) in [6.07, 6.45) is 1.61. The van der Waals surface area contributed by atoms with Crippen molar-refractivity contribution in [3.05, 3.63) is 69.3 Å². The van der Waals surface area contributed by atoms with Crippen molar-refractivity contribution in [2.45, 2.75) is 0 Å². The third-order valence-corrected chi connectivity index (χ3v) is 4.43. The molecule has 2 aromatic rings. The molecule has 126 valence electrons. The van der Waals surface area contributed by atoms with Crippen LogP contribution in [0.2, 0.25) is 5.02 Å². The van der Waals surface area contributed by atoms with Gasteiger partial charge in [0.15, 0.2) is 5.17 Å². The van der Waals surface area contributed by atoms with Crippen molar-refractivity contribution in [1.29, 1.82) is 0 Å². The molecule has 0 atom stereocenters. The maximum Gasteiger partial charge on any atom is 0.264 e. The molecule has 0 unspecified atom stereocenters. The van der Waals surface area contributed by atoms with Gasteiger partial charge in [-0.05, 0) is 47.2 Å². The van der Waals surface area contributed by atoms with Gasteiger partial charge in [0, 0.05) is 0 Å². The highest BCUT2D eigenvalue weighted by Crippen LogP contribution is 2.29. The highest BCUT2D eigenvalue weighted by Gasteiger charge is 2.23. The van der Waals surface area contributed by atoms with E-state index in [1.165, 1.54) is 30.3 Å². The zero-order chi connectivity index (χ0) is 18.0. The van der Waals surface area contributed by atoms with Gasteiger partial charge >= 0.3 is 0 Å². The van der Waals surface area contributed by atoms with E-state index in [1.807, 2.05) is 0 Å². The Kier molecular flexibility index (Phi) is 4.87. The third kappa shape index (κ3) is 4.07. The molecular weight excluding hydrogens is 367 g/mol. The van der Waals surface area contributed by atoms with Crippen molar-refractivity contribution in [1.82, 2.24) is 5.32 Å². The molecule has 1 amide bonds. The Morgan fingerprint density at radius 2 is 1.96 bits per heavy atom. The number of carbonyl (C=O) groups excluding carboxylic acids is 2. The van der Waals surface area contributed by atoms with E-state index >= 15 is 0 Å². The van der Waals surface area contributed by atoms with E-state index in [2.05, 4.69) is 10.3 Å². The van der Waals surface area contributed by atoms with Crippen molar-refractivity contribution in [3.8, 4) is 0 Å². The smallest absolute Gasteiger partial charge is 0.264 e. The van der Waals surface area contributed by atoms with E-state index < -0.39 is 11.8 Å². The Morgan fingerprint density at radius 1 is 1.24 bits per heavy atom. The average molecular weight is 376 g/mol. The molecule has 1 heterocycles. The number of benzene rings is 2. The molecule has 0 saturated carbocycles. The van der Waals surface area contributed by atoms with Gasteiger partial charge < -0.3 is 15.2 Å². The van der Waals surface area contributed by atoms with Crippen LogP contribution in [0.4, 0.5) is 10.1 Å². The number of halogens is 2. The van der Waals surface area contributed by atoms with Crippen LogP contribution in [0.3, 0.4) is 0 Å². The Labute approximate surface area is 151 Å². The number of aliphatic imine (C=N–C) groups is 1. The van der Waals surface area contributed by atoms with Crippen LogP contribution in [0.1, 0.15) is 15.9 Å². The van der Waals surface area contributed by atoms with Crippen LogP contribution in [-0.4, -0.2) is 17.0 Å². The van der Waals surface area contributed by atoms with Crippen LogP contribution in [0.5, 0.6) is 0 Å². The van der Waals surface area contributed by atoms with Crippen molar-refractivity contribution >= 4 is 52.2 Å². The second-order valence-corrected chi connectivity index (χ2v) is 6.43. The lowest BCUT2D eigenvalue weighted by atomic mass is 10.1. The number of hydrogen-bond acceptors (Lipinski definition) is 5. The molecule has 8 heteroatoms. The number of amides is 1. The quantitative estimate of drug-likeness (QED) is 0.836. The molecule has 3 rings (SSSR count). The van der Waals surface area contributed by atoms with E-state index in [1.54, 1.807) is 18.2 Å². The zero-order valence-electron chi connectivity index (χ0n) is 12.5. The number of hydrogen-bond donors (Lipinski definition) is 1. The van der Waals surface area contributed by atoms with Crippen LogP contribution in [-0.2, 0) is 4.79 Å². The van der Waals surface area contributed by atoms with E-state index in [4.69, 9.17) is 11.6 Å². The lowest BCUT2D eigenvalue weighted by Crippen LogP contribution is -2.21. The summed E-state index contributed by atoms with van der Waals surface area (Å²) in [7, 11) is 0. The Bertz CT molecular complexity index is 926. The molecule has 1 saturated heterocycles. The lowest BCUT2D eigenvalue weighted by molar-refractivity contribution is -0.255. The number of thioether (sulfide) groups is 1. The maximum absolute atomic E-state index is 13.2. The van der Waals surface area contributed by atoms with Gasteiger partial charge in [-0.2, -0.15) is 0 Å². The molecule has 1 fully saturated rings. The molecule has 0 radical (unpaired) electrons. The first-order valence-electron chi connectivity index (χ1n) is 6.98. The maximum atomic E-state index is 13.2. The summed E-state index contributed by atoms with van der Waals surface area (Å²) in [4.78, 5) is 27.3. The van der Waals surface area contributed by atoms with Crippen LogP contribution in [0, 0.1) is 5.82 Å². The lowest BCUT2D eigenvalue weighted by Gasteiger charge is -2.02. The second-order valence-electron chi connectivity index (χ2n) is 4.99. The van der Waals surface area contributed by atoms with Crippen molar-refractivity contribution < 1.29 is 19.1 Å². The number of carbonyl (C=O) groups is 2. The van der Waals surface area contributed by atoms with Crippen LogP contribution in [0.25, 0.3) is 6.08 Å². The standard InChI is InChI=1S/C17H10ClFN2O3S/c18-12-8-11(5-6-13(12)19)20-17-21-15(22)14(25-17)7-9-1-3-10(4-2-9)16(23)24/h1-8H,(H,23,24)(H,20,21,22)/p-1/b14-7-. The van der Waals surface area contributed by atoms with E-state index in [9.17, 15) is 19.1 Å².